The van der Waals surface area contributed by atoms with Crippen molar-refractivity contribution in [2.45, 2.75) is 0 Å². The van der Waals surface area contributed by atoms with Crippen LogP contribution >= 0.6 is 22.9 Å². The summed E-state index contributed by atoms with van der Waals surface area (Å²) in [4.78, 5) is 9.77. The molecular formula is C22H20ClN3O4S. The van der Waals surface area contributed by atoms with E-state index in [0.29, 0.717) is 39.5 Å². The van der Waals surface area contributed by atoms with E-state index in [4.69, 9.17) is 30.5 Å². The van der Waals surface area contributed by atoms with E-state index in [9.17, 15) is 0 Å². The zero-order valence-corrected chi connectivity index (χ0v) is 18.9. The van der Waals surface area contributed by atoms with Crippen molar-refractivity contribution < 1.29 is 18.9 Å². The molecule has 0 spiro atoms. The quantitative estimate of drug-likeness (QED) is 0.376. The second-order valence-electron chi connectivity index (χ2n) is 6.43. The summed E-state index contributed by atoms with van der Waals surface area (Å²) in [7, 11) is 6.37. The summed E-state index contributed by atoms with van der Waals surface area (Å²) in [6.07, 6.45) is 1.53. The normalized spacial score (nSPS) is 10.7. The number of methoxy groups -OCH3 is 4. The third-order valence-electron chi connectivity index (χ3n) is 4.79. The third-order valence-corrected chi connectivity index (χ3v) is 5.97. The van der Waals surface area contributed by atoms with Crippen LogP contribution in [0.15, 0.2) is 42.0 Å². The third kappa shape index (κ3) is 3.92. The number of benzene rings is 2. The van der Waals surface area contributed by atoms with Gasteiger partial charge in [0, 0.05) is 23.1 Å². The summed E-state index contributed by atoms with van der Waals surface area (Å²) in [5.41, 5.74) is 2.61. The van der Waals surface area contributed by atoms with Crippen LogP contribution in [0, 0.1) is 0 Å². The Morgan fingerprint density at radius 2 is 1.58 bits per heavy atom. The van der Waals surface area contributed by atoms with Crippen molar-refractivity contribution in [1.82, 2.24) is 9.97 Å². The molecule has 0 saturated carbocycles. The van der Waals surface area contributed by atoms with Crippen molar-refractivity contribution >= 4 is 44.7 Å². The number of ether oxygens (including phenoxy) is 4. The standard InChI is InChI=1S/C22H20ClN3O4S/c1-27-16-6-5-12(7-19(16)30-4)13-10-31-22-20(13)21(24-11-25-22)26-15-9-17(28-2)14(23)8-18(15)29-3/h5-11H,1-4H3,(H,24,25,26). The topological polar surface area (TPSA) is 74.7 Å². The average molecular weight is 458 g/mol. The zero-order chi connectivity index (χ0) is 22.0. The molecular weight excluding hydrogens is 438 g/mol. The molecule has 31 heavy (non-hydrogen) atoms. The lowest BCUT2D eigenvalue weighted by Crippen LogP contribution is -1.99. The Bertz CT molecular complexity index is 1250. The molecule has 2 heterocycles. The second kappa shape index (κ2) is 8.87. The Morgan fingerprint density at radius 1 is 0.839 bits per heavy atom. The van der Waals surface area contributed by atoms with Gasteiger partial charge in [0.15, 0.2) is 11.5 Å². The molecule has 4 aromatic rings. The van der Waals surface area contributed by atoms with Crippen molar-refractivity contribution in [3.05, 3.63) is 47.1 Å². The van der Waals surface area contributed by atoms with Crippen LogP contribution in [-0.4, -0.2) is 38.4 Å². The van der Waals surface area contributed by atoms with Crippen LogP contribution in [0.25, 0.3) is 21.3 Å². The predicted octanol–water partition coefficient (Wildman–Crippen LogP) is 5.79. The number of anilines is 2. The van der Waals surface area contributed by atoms with Crippen molar-refractivity contribution in [3.63, 3.8) is 0 Å². The summed E-state index contributed by atoms with van der Waals surface area (Å²) in [5.74, 6) is 3.05. The number of nitrogens with zero attached hydrogens (tertiary/aromatic N) is 2. The fraction of sp³-hybridized carbons (Fsp3) is 0.182. The summed E-state index contributed by atoms with van der Waals surface area (Å²) in [6.45, 7) is 0. The molecule has 0 aliphatic carbocycles. The monoisotopic (exact) mass is 457 g/mol. The minimum atomic E-state index is 0.458. The zero-order valence-electron chi connectivity index (χ0n) is 17.4. The lowest BCUT2D eigenvalue weighted by molar-refractivity contribution is 0.355. The molecule has 0 radical (unpaired) electrons. The van der Waals surface area contributed by atoms with Gasteiger partial charge in [-0.25, -0.2) is 9.97 Å². The Kier molecular flexibility index (Phi) is 6.01. The van der Waals surface area contributed by atoms with Crippen LogP contribution in [0.1, 0.15) is 0 Å². The van der Waals surface area contributed by atoms with Gasteiger partial charge in [-0.05, 0) is 17.7 Å². The molecule has 7 nitrogen and oxygen atoms in total. The smallest absolute Gasteiger partial charge is 0.161 e. The van der Waals surface area contributed by atoms with E-state index in [0.717, 1.165) is 21.3 Å². The summed E-state index contributed by atoms with van der Waals surface area (Å²) in [6, 6.07) is 9.26. The largest absolute Gasteiger partial charge is 0.495 e. The van der Waals surface area contributed by atoms with E-state index < -0.39 is 0 Å². The first-order valence-corrected chi connectivity index (χ1v) is 10.5. The maximum atomic E-state index is 6.24. The van der Waals surface area contributed by atoms with Gasteiger partial charge in [0.05, 0.1) is 44.5 Å². The molecule has 2 aromatic carbocycles. The van der Waals surface area contributed by atoms with Gasteiger partial charge >= 0.3 is 0 Å². The molecule has 4 rings (SSSR count). The van der Waals surface area contributed by atoms with E-state index in [-0.39, 0.29) is 0 Å². The van der Waals surface area contributed by atoms with Crippen LogP contribution in [-0.2, 0) is 0 Å². The minimum Gasteiger partial charge on any atom is -0.495 e. The molecule has 0 saturated heterocycles. The van der Waals surface area contributed by atoms with Gasteiger partial charge in [-0.2, -0.15) is 0 Å². The summed E-state index contributed by atoms with van der Waals surface area (Å²) < 4.78 is 21.7. The first-order chi connectivity index (χ1) is 15.1. The summed E-state index contributed by atoms with van der Waals surface area (Å²) >= 11 is 7.78. The molecule has 0 fully saturated rings. The van der Waals surface area contributed by atoms with E-state index in [1.54, 1.807) is 40.6 Å². The van der Waals surface area contributed by atoms with Gasteiger partial charge in [0.25, 0.3) is 0 Å². The highest BCUT2D eigenvalue weighted by atomic mass is 35.5. The highest BCUT2D eigenvalue weighted by molar-refractivity contribution is 7.17. The molecule has 2 aromatic heterocycles. The second-order valence-corrected chi connectivity index (χ2v) is 7.70. The van der Waals surface area contributed by atoms with E-state index in [1.807, 2.05) is 23.6 Å². The molecule has 0 aliphatic rings. The van der Waals surface area contributed by atoms with E-state index in [1.165, 1.54) is 17.7 Å². The Balaban J connectivity index is 1.84. The van der Waals surface area contributed by atoms with Gasteiger partial charge < -0.3 is 24.3 Å². The number of rotatable bonds is 7. The number of hydrogen-bond donors (Lipinski definition) is 1. The summed E-state index contributed by atoms with van der Waals surface area (Å²) in [5, 5.41) is 6.74. The minimum absolute atomic E-state index is 0.458. The molecule has 1 N–H and O–H groups in total. The average Bonchev–Trinajstić information content (AvgIpc) is 3.24. The van der Waals surface area contributed by atoms with Gasteiger partial charge in [0.1, 0.15) is 28.5 Å². The van der Waals surface area contributed by atoms with Crippen LogP contribution in [0.4, 0.5) is 11.5 Å². The first-order valence-electron chi connectivity index (χ1n) is 9.22. The fourth-order valence-electron chi connectivity index (χ4n) is 3.27. The van der Waals surface area contributed by atoms with Crippen molar-refractivity contribution in [2.75, 3.05) is 33.8 Å². The van der Waals surface area contributed by atoms with Crippen molar-refractivity contribution in [3.8, 4) is 34.1 Å². The maximum Gasteiger partial charge on any atom is 0.161 e. The first kappa shape index (κ1) is 21.0. The number of aromatic nitrogens is 2. The SMILES string of the molecule is COc1cc(Nc2ncnc3scc(-c4ccc(OC)c(OC)c4)c23)c(OC)cc1Cl. The number of fused-ring (bicyclic) bond motifs is 1. The van der Waals surface area contributed by atoms with Gasteiger partial charge in [0.2, 0.25) is 0 Å². The number of halogens is 1. The van der Waals surface area contributed by atoms with E-state index >= 15 is 0 Å². The molecule has 160 valence electrons. The molecule has 0 atom stereocenters. The van der Waals surface area contributed by atoms with Gasteiger partial charge in [-0.15, -0.1) is 11.3 Å². The van der Waals surface area contributed by atoms with Gasteiger partial charge in [-0.1, -0.05) is 17.7 Å². The highest BCUT2D eigenvalue weighted by Gasteiger charge is 2.17. The van der Waals surface area contributed by atoms with Crippen LogP contribution < -0.4 is 24.3 Å². The van der Waals surface area contributed by atoms with Crippen molar-refractivity contribution in [1.29, 1.82) is 0 Å². The molecule has 0 unspecified atom stereocenters. The molecule has 0 aliphatic heterocycles. The molecule has 0 amide bonds. The van der Waals surface area contributed by atoms with Crippen LogP contribution in [0.2, 0.25) is 5.02 Å². The Morgan fingerprint density at radius 3 is 2.29 bits per heavy atom. The van der Waals surface area contributed by atoms with E-state index in [2.05, 4.69) is 15.3 Å². The highest BCUT2D eigenvalue weighted by Crippen LogP contribution is 2.42. The van der Waals surface area contributed by atoms with Gasteiger partial charge in [-0.3, -0.25) is 0 Å². The van der Waals surface area contributed by atoms with Crippen LogP contribution in [0.5, 0.6) is 23.0 Å². The molecule has 9 heteroatoms. The number of thiophene rings is 1. The Labute approximate surface area is 188 Å². The Hall–Kier alpha value is -3.23. The fourth-order valence-corrected chi connectivity index (χ4v) is 4.42. The number of hydrogen-bond acceptors (Lipinski definition) is 8. The van der Waals surface area contributed by atoms with Crippen LogP contribution in [0.3, 0.4) is 0 Å². The lowest BCUT2D eigenvalue weighted by Gasteiger charge is -2.14. The van der Waals surface area contributed by atoms with Crippen molar-refractivity contribution in [2.24, 2.45) is 0 Å². The number of nitrogens with one attached hydrogen (secondary N) is 1. The predicted molar refractivity (Wildman–Crippen MR) is 124 cm³/mol. The maximum absolute atomic E-state index is 6.24. The lowest BCUT2D eigenvalue weighted by atomic mass is 10.1. The molecule has 0 bridgehead atoms.